The van der Waals surface area contributed by atoms with Gasteiger partial charge in [0.1, 0.15) is 17.3 Å². The predicted octanol–water partition coefficient (Wildman–Crippen LogP) is 5.46. The Hall–Kier alpha value is -3.64. The Bertz CT molecular complexity index is 1220. The zero-order valence-electron chi connectivity index (χ0n) is 18.3. The van der Waals surface area contributed by atoms with E-state index >= 15 is 0 Å². The average Bonchev–Trinajstić information content (AvgIpc) is 3.09. The largest absolute Gasteiger partial charge is 0.507 e. The number of ketones is 1. The number of aryl methyl sites for hydroxylation is 1. The Kier molecular flexibility index (Phi) is 6.47. The van der Waals surface area contributed by atoms with E-state index in [1.807, 2.05) is 13.8 Å². The molecule has 1 N–H and O–H groups in total. The lowest BCUT2D eigenvalue weighted by molar-refractivity contribution is -0.132. The van der Waals surface area contributed by atoms with Crippen molar-refractivity contribution in [2.24, 2.45) is 0 Å². The minimum Gasteiger partial charge on any atom is -0.507 e. The van der Waals surface area contributed by atoms with Crippen molar-refractivity contribution in [3.05, 3.63) is 94.1 Å². The second kappa shape index (κ2) is 9.46. The molecule has 0 saturated carbocycles. The summed E-state index contributed by atoms with van der Waals surface area (Å²) in [7, 11) is 0. The third kappa shape index (κ3) is 4.34. The van der Waals surface area contributed by atoms with Crippen LogP contribution < -0.4 is 9.64 Å². The van der Waals surface area contributed by atoms with E-state index in [1.54, 1.807) is 66.9 Å². The first-order valence-corrected chi connectivity index (χ1v) is 11.0. The van der Waals surface area contributed by atoms with E-state index in [2.05, 4.69) is 4.98 Å². The highest BCUT2D eigenvalue weighted by Gasteiger charge is 2.47. The maximum absolute atomic E-state index is 13.2. The van der Waals surface area contributed by atoms with Gasteiger partial charge in [0.15, 0.2) is 0 Å². The molecular formula is C26H23ClN2O4. The van der Waals surface area contributed by atoms with Crippen molar-refractivity contribution in [1.29, 1.82) is 0 Å². The third-order valence-corrected chi connectivity index (χ3v) is 5.69. The SMILES string of the molecule is CCCOc1ccc(C(O)=C2C(=O)C(=O)N(c3ccccn3)[C@@H]2c2ccc(Cl)cc2)cc1C. The zero-order chi connectivity index (χ0) is 23.5. The van der Waals surface area contributed by atoms with Gasteiger partial charge >= 0.3 is 5.91 Å². The van der Waals surface area contributed by atoms with Gasteiger partial charge in [-0.3, -0.25) is 14.5 Å². The van der Waals surface area contributed by atoms with Gasteiger partial charge < -0.3 is 9.84 Å². The molecule has 1 fully saturated rings. The van der Waals surface area contributed by atoms with Gasteiger partial charge in [0, 0.05) is 16.8 Å². The number of hydrogen-bond donors (Lipinski definition) is 1. The number of aromatic nitrogens is 1. The highest BCUT2D eigenvalue weighted by Crippen LogP contribution is 2.42. The number of hydrogen-bond acceptors (Lipinski definition) is 5. The predicted molar refractivity (Wildman–Crippen MR) is 127 cm³/mol. The second-order valence-corrected chi connectivity index (χ2v) is 8.17. The Labute approximate surface area is 197 Å². The van der Waals surface area contributed by atoms with Crippen LogP contribution in [0.5, 0.6) is 5.75 Å². The van der Waals surface area contributed by atoms with Crippen LogP contribution in [0, 0.1) is 6.92 Å². The second-order valence-electron chi connectivity index (χ2n) is 7.74. The van der Waals surface area contributed by atoms with Crippen molar-refractivity contribution in [3.63, 3.8) is 0 Å². The highest BCUT2D eigenvalue weighted by molar-refractivity contribution is 6.51. The number of carbonyl (C=O) groups is 2. The van der Waals surface area contributed by atoms with Crippen LogP contribution in [-0.4, -0.2) is 28.4 Å². The highest BCUT2D eigenvalue weighted by atomic mass is 35.5. The molecule has 4 rings (SSSR count). The standard InChI is InChI=1S/C26H23ClN2O4/c1-3-14-33-20-12-9-18(15-16(20)2)24(30)22-23(17-7-10-19(27)11-8-17)29(26(32)25(22)31)21-6-4-5-13-28-21/h4-13,15,23,30H,3,14H2,1-2H3/t23-/m1/s1. The normalized spacial score (nSPS) is 17.4. The number of aliphatic hydroxyl groups is 1. The number of amides is 1. The number of benzene rings is 2. The van der Waals surface area contributed by atoms with E-state index in [1.165, 1.54) is 4.90 Å². The van der Waals surface area contributed by atoms with Crippen molar-refractivity contribution >= 4 is 34.9 Å². The molecule has 168 valence electrons. The number of anilines is 1. The monoisotopic (exact) mass is 462 g/mol. The summed E-state index contributed by atoms with van der Waals surface area (Å²) in [5.41, 5.74) is 1.86. The van der Waals surface area contributed by atoms with Gasteiger partial charge in [0.05, 0.1) is 18.2 Å². The van der Waals surface area contributed by atoms with Crippen LogP contribution in [0.4, 0.5) is 5.82 Å². The molecule has 0 aliphatic carbocycles. The molecule has 7 heteroatoms. The molecule has 0 bridgehead atoms. The first-order chi connectivity index (χ1) is 15.9. The number of ether oxygens (including phenoxy) is 1. The first kappa shape index (κ1) is 22.6. The van der Waals surface area contributed by atoms with E-state index in [-0.39, 0.29) is 11.3 Å². The first-order valence-electron chi connectivity index (χ1n) is 10.6. The smallest absolute Gasteiger partial charge is 0.301 e. The van der Waals surface area contributed by atoms with Crippen LogP contribution in [0.25, 0.3) is 5.76 Å². The Morgan fingerprint density at radius 2 is 1.88 bits per heavy atom. The summed E-state index contributed by atoms with van der Waals surface area (Å²) in [6.07, 6.45) is 2.42. The van der Waals surface area contributed by atoms with E-state index in [0.717, 1.165) is 12.0 Å². The summed E-state index contributed by atoms with van der Waals surface area (Å²) in [5, 5.41) is 11.8. The quantitative estimate of drug-likeness (QED) is 0.299. The summed E-state index contributed by atoms with van der Waals surface area (Å²) in [6.45, 7) is 4.47. The molecule has 1 aliphatic heterocycles. The number of rotatable bonds is 6. The molecule has 2 aromatic carbocycles. The molecular weight excluding hydrogens is 440 g/mol. The summed E-state index contributed by atoms with van der Waals surface area (Å²) >= 11 is 6.06. The Morgan fingerprint density at radius 3 is 2.52 bits per heavy atom. The molecule has 33 heavy (non-hydrogen) atoms. The van der Waals surface area contributed by atoms with Gasteiger partial charge in [-0.05, 0) is 66.9 Å². The van der Waals surface area contributed by atoms with Crippen molar-refractivity contribution in [3.8, 4) is 5.75 Å². The van der Waals surface area contributed by atoms with Gasteiger partial charge in [-0.25, -0.2) is 4.98 Å². The minimum absolute atomic E-state index is 0.00500. The number of pyridine rings is 1. The van der Waals surface area contributed by atoms with Crippen molar-refractivity contribution in [2.75, 3.05) is 11.5 Å². The van der Waals surface area contributed by atoms with E-state index < -0.39 is 17.7 Å². The van der Waals surface area contributed by atoms with Crippen LogP contribution in [0.3, 0.4) is 0 Å². The van der Waals surface area contributed by atoms with Gasteiger partial charge in [0.2, 0.25) is 0 Å². The molecule has 3 aromatic rings. The number of Topliss-reactive ketones (excluding diaryl/α,β-unsaturated/α-hetero) is 1. The lowest BCUT2D eigenvalue weighted by Gasteiger charge is -2.24. The average molecular weight is 463 g/mol. The molecule has 2 heterocycles. The number of nitrogens with zero attached hydrogens (tertiary/aromatic N) is 2. The lowest BCUT2D eigenvalue weighted by atomic mass is 9.95. The van der Waals surface area contributed by atoms with Crippen molar-refractivity contribution in [1.82, 2.24) is 4.98 Å². The lowest BCUT2D eigenvalue weighted by Crippen LogP contribution is -2.30. The molecule has 0 unspecified atom stereocenters. The van der Waals surface area contributed by atoms with E-state index in [4.69, 9.17) is 16.3 Å². The summed E-state index contributed by atoms with van der Waals surface area (Å²) in [6, 6.07) is 16.3. The van der Waals surface area contributed by atoms with E-state index in [9.17, 15) is 14.7 Å². The Balaban J connectivity index is 1.86. The molecule has 0 radical (unpaired) electrons. The van der Waals surface area contributed by atoms with Crippen molar-refractivity contribution in [2.45, 2.75) is 26.3 Å². The summed E-state index contributed by atoms with van der Waals surface area (Å²) in [4.78, 5) is 31.8. The molecule has 6 nitrogen and oxygen atoms in total. The maximum atomic E-state index is 13.2. The molecule has 1 saturated heterocycles. The fourth-order valence-electron chi connectivity index (χ4n) is 3.85. The molecule has 0 spiro atoms. The van der Waals surface area contributed by atoms with E-state index in [0.29, 0.717) is 34.3 Å². The van der Waals surface area contributed by atoms with Crippen LogP contribution >= 0.6 is 11.6 Å². The van der Waals surface area contributed by atoms with Gasteiger partial charge in [-0.1, -0.05) is 36.7 Å². The molecule has 1 atom stereocenters. The van der Waals surface area contributed by atoms with Crippen LogP contribution in [-0.2, 0) is 9.59 Å². The maximum Gasteiger partial charge on any atom is 0.301 e. The van der Waals surface area contributed by atoms with Gasteiger partial charge in [-0.15, -0.1) is 0 Å². The number of carbonyl (C=O) groups excluding carboxylic acids is 2. The van der Waals surface area contributed by atoms with Crippen LogP contribution in [0.1, 0.15) is 36.1 Å². The van der Waals surface area contributed by atoms with Crippen LogP contribution in [0.2, 0.25) is 5.02 Å². The fraction of sp³-hybridized carbons (Fsp3) is 0.192. The van der Waals surface area contributed by atoms with Gasteiger partial charge in [-0.2, -0.15) is 0 Å². The Morgan fingerprint density at radius 1 is 1.12 bits per heavy atom. The minimum atomic E-state index is -0.853. The fourth-order valence-corrected chi connectivity index (χ4v) is 3.98. The number of aliphatic hydroxyl groups excluding tert-OH is 1. The summed E-state index contributed by atoms with van der Waals surface area (Å²) in [5.74, 6) is -0.761. The molecule has 1 aliphatic rings. The molecule has 1 aromatic heterocycles. The summed E-state index contributed by atoms with van der Waals surface area (Å²) < 4.78 is 5.71. The zero-order valence-corrected chi connectivity index (χ0v) is 19.0. The third-order valence-electron chi connectivity index (χ3n) is 5.44. The topological polar surface area (TPSA) is 79.7 Å². The molecule has 1 amide bonds. The van der Waals surface area contributed by atoms with Crippen molar-refractivity contribution < 1.29 is 19.4 Å². The number of halogens is 1. The van der Waals surface area contributed by atoms with Gasteiger partial charge in [0.25, 0.3) is 5.78 Å². The van der Waals surface area contributed by atoms with Crippen LogP contribution in [0.15, 0.2) is 72.4 Å².